The lowest BCUT2D eigenvalue weighted by molar-refractivity contribution is -0.138. The van der Waals surface area contributed by atoms with E-state index < -0.39 is 126 Å². The molecule has 2 atom stereocenters. The van der Waals surface area contributed by atoms with Gasteiger partial charge in [0.25, 0.3) is 0 Å². The summed E-state index contributed by atoms with van der Waals surface area (Å²) in [6, 6.07) is 5.35. The minimum atomic E-state index is -5.41. The number of carbonyl (C=O) groups is 3. The molecule has 5 aromatic rings. The zero-order valence-electron chi connectivity index (χ0n) is 37.0. The molecule has 1 aliphatic rings. The second-order valence-electron chi connectivity index (χ2n) is 17.7. The third-order valence-corrected chi connectivity index (χ3v) is 11.1. The van der Waals surface area contributed by atoms with Gasteiger partial charge in [0, 0.05) is 29.0 Å². The van der Waals surface area contributed by atoms with Crippen LogP contribution in [0.4, 0.5) is 53.0 Å². The number of rotatable bonds is 6. The summed E-state index contributed by atoms with van der Waals surface area (Å²) >= 11 is 0.524. The van der Waals surface area contributed by atoms with Crippen LogP contribution < -0.4 is 19.9 Å². The van der Waals surface area contributed by atoms with Crippen LogP contribution in [0.5, 0.6) is 5.75 Å². The molecule has 1 N–H and O–H groups in total. The number of alkyl halides is 3. The lowest BCUT2D eigenvalue weighted by Crippen LogP contribution is -2.45. The van der Waals surface area contributed by atoms with Gasteiger partial charge in [0.15, 0.2) is 11.6 Å². The van der Waals surface area contributed by atoms with Crippen LogP contribution in [0.1, 0.15) is 92.0 Å². The number of fused-ring (bicyclic) bond motifs is 1. The molecule has 0 spiro atoms. The van der Waals surface area contributed by atoms with Gasteiger partial charge >= 0.3 is 24.5 Å². The summed E-state index contributed by atoms with van der Waals surface area (Å²) in [6.07, 6.45) is -6.32. The molecule has 1 unspecified atom stereocenters. The molecule has 1 aliphatic heterocycles. The van der Waals surface area contributed by atoms with Gasteiger partial charge in [0.2, 0.25) is 5.16 Å². The standard InChI is InChI=1S/C43H44F5N7O8S2/c1-20(21-13-12-16-50-33(21)55(38(57)62-41(5,6)7)39(58)63-42(8,9)10)54-17-18-60-31-27-30(51-36(65(11)59)52-34(27)54)29(45)26(28(31)43(46,47)48)22-14-15-24(44)32-25(22)23(19-49)35(64-32)53-37(56)61-40(2,3)4/h12-16,20H,17-18H2,1-11H3,(H,53,56)/t20-,65?/m1/s1. The number of nitriles is 1. The maximum Gasteiger partial charge on any atom is 0.425 e. The summed E-state index contributed by atoms with van der Waals surface area (Å²) < 4.78 is 116. The van der Waals surface area contributed by atoms with Gasteiger partial charge in [0.05, 0.1) is 39.0 Å². The van der Waals surface area contributed by atoms with E-state index in [1.807, 2.05) is 0 Å². The van der Waals surface area contributed by atoms with Crippen molar-refractivity contribution in [1.29, 1.82) is 5.26 Å². The lowest BCUT2D eigenvalue weighted by Gasteiger charge is -2.33. The largest absolute Gasteiger partial charge is 0.490 e. The molecule has 15 nitrogen and oxygen atoms in total. The number of nitrogens with one attached hydrogen (secondary N) is 1. The number of halogens is 5. The number of thiophene rings is 1. The van der Waals surface area contributed by atoms with E-state index in [0.29, 0.717) is 16.2 Å². The fourth-order valence-corrected chi connectivity index (χ4v) is 8.42. The zero-order valence-corrected chi connectivity index (χ0v) is 38.7. The first-order chi connectivity index (χ1) is 30.0. The number of benzene rings is 2. The first kappa shape index (κ1) is 48.3. The van der Waals surface area contributed by atoms with Crippen molar-refractivity contribution in [3.05, 3.63) is 58.8 Å². The normalized spacial score (nSPS) is 14.2. The topological polar surface area (TPSA) is 186 Å². The Bertz CT molecular complexity index is 2800. The smallest absolute Gasteiger partial charge is 0.425 e. The van der Waals surface area contributed by atoms with Crippen molar-refractivity contribution >= 4 is 78.0 Å². The Kier molecular flexibility index (Phi) is 12.8. The maximum atomic E-state index is 17.6. The molecule has 0 bridgehead atoms. The molecule has 0 radical (unpaired) electrons. The van der Waals surface area contributed by atoms with E-state index in [9.17, 15) is 23.9 Å². The quantitative estimate of drug-likeness (QED) is 0.0963. The highest BCUT2D eigenvalue weighted by Gasteiger charge is 2.45. The highest BCUT2D eigenvalue weighted by atomic mass is 32.2. The van der Waals surface area contributed by atoms with Crippen LogP contribution in [-0.2, 0) is 31.2 Å². The van der Waals surface area contributed by atoms with Gasteiger partial charge < -0.3 is 23.8 Å². The fraction of sp³-hybridized carbons (Fsp3) is 0.419. The van der Waals surface area contributed by atoms with Gasteiger partial charge in [-0.05, 0) is 86.9 Å². The average Bonchev–Trinajstić information content (AvgIpc) is 3.42. The van der Waals surface area contributed by atoms with Crippen molar-refractivity contribution in [3.63, 3.8) is 0 Å². The Morgan fingerprint density at radius 2 is 1.57 bits per heavy atom. The zero-order chi connectivity index (χ0) is 48.3. The van der Waals surface area contributed by atoms with Crippen molar-refractivity contribution in [2.75, 3.05) is 34.5 Å². The molecule has 346 valence electrons. The second kappa shape index (κ2) is 17.3. The highest BCUT2D eigenvalue weighted by Crippen LogP contribution is 2.54. The van der Waals surface area contributed by atoms with Crippen molar-refractivity contribution in [2.45, 2.75) is 103 Å². The van der Waals surface area contributed by atoms with Crippen molar-refractivity contribution < 1.29 is 59.5 Å². The highest BCUT2D eigenvalue weighted by molar-refractivity contribution is 7.84. The minimum Gasteiger partial charge on any atom is -0.490 e. The monoisotopic (exact) mass is 945 g/mol. The average molecular weight is 946 g/mol. The van der Waals surface area contributed by atoms with Crippen LogP contribution in [0.15, 0.2) is 35.6 Å². The summed E-state index contributed by atoms with van der Waals surface area (Å²) in [5.41, 5.74) is -7.78. The number of imide groups is 1. The molecular weight excluding hydrogens is 902 g/mol. The van der Waals surface area contributed by atoms with Crippen LogP contribution >= 0.6 is 11.3 Å². The van der Waals surface area contributed by atoms with E-state index in [4.69, 9.17) is 18.9 Å². The Labute approximate surface area is 376 Å². The van der Waals surface area contributed by atoms with Gasteiger partial charge in [0.1, 0.15) is 62.9 Å². The second-order valence-corrected chi connectivity index (χ2v) is 20.0. The van der Waals surface area contributed by atoms with Crippen molar-refractivity contribution in [2.24, 2.45) is 0 Å². The van der Waals surface area contributed by atoms with E-state index >= 15 is 22.0 Å². The minimum absolute atomic E-state index is 0.123. The van der Waals surface area contributed by atoms with Crippen molar-refractivity contribution in [1.82, 2.24) is 15.0 Å². The Morgan fingerprint density at radius 1 is 0.954 bits per heavy atom. The van der Waals surface area contributed by atoms with Gasteiger partial charge in [-0.3, -0.25) is 9.53 Å². The Hall–Kier alpha value is -6.21. The predicted molar refractivity (Wildman–Crippen MR) is 233 cm³/mol. The molecular formula is C43H44F5N7O8S2. The number of amides is 3. The van der Waals surface area contributed by atoms with E-state index in [-0.39, 0.29) is 33.4 Å². The number of pyridine rings is 1. The first-order valence-corrected chi connectivity index (χ1v) is 22.1. The number of anilines is 3. The van der Waals surface area contributed by atoms with E-state index in [1.54, 1.807) is 75.3 Å². The van der Waals surface area contributed by atoms with Crippen LogP contribution in [0.2, 0.25) is 0 Å². The molecule has 0 fully saturated rings. The SMILES string of the molecule is C[C@H](c1cccnc1N(C(=O)OC(C)(C)C)C(=O)OC(C)(C)C)N1CCOc2c(C(F)(F)F)c(-c3ccc(F)c4sc(NC(=O)OC(C)(C)C)c(C#N)c34)c(F)c3nc(S(C)=O)nc1c23. The molecule has 3 aromatic heterocycles. The molecule has 0 saturated heterocycles. The molecule has 3 amide bonds. The molecule has 22 heteroatoms. The molecule has 0 saturated carbocycles. The number of nitrogens with zero attached hydrogens (tertiary/aromatic N) is 6. The predicted octanol–water partition coefficient (Wildman–Crippen LogP) is 10.8. The summed E-state index contributed by atoms with van der Waals surface area (Å²) in [7, 11) is -2.09. The molecule has 65 heavy (non-hydrogen) atoms. The molecule has 0 aliphatic carbocycles. The van der Waals surface area contributed by atoms with Crippen LogP contribution in [0.25, 0.3) is 32.1 Å². The van der Waals surface area contributed by atoms with Gasteiger partial charge in [-0.2, -0.15) is 23.3 Å². The lowest BCUT2D eigenvalue weighted by atomic mass is 9.91. The summed E-state index contributed by atoms with van der Waals surface area (Å²) in [4.78, 5) is 55.2. The number of hydrogen-bond acceptors (Lipinski definition) is 14. The third kappa shape index (κ3) is 9.90. The number of carbonyl (C=O) groups excluding carboxylic acids is 3. The van der Waals surface area contributed by atoms with Crippen LogP contribution in [0.3, 0.4) is 0 Å². The van der Waals surface area contributed by atoms with E-state index in [0.717, 1.165) is 12.1 Å². The van der Waals surface area contributed by atoms with Gasteiger partial charge in [-0.25, -0.2) is 38.1 Å². The fourth-order valence-electron chi connectivity index (χ4n) is 6.92. The van der Waals surface area contributed by atoms with Crippen molar-refractivity contribution in [3.8, 4) is 22.9 Å². The summed E-state index contributed by atoms with van der Waals surface area (Å²) in [5, 5.41) is 10.9. The van der Waals surface area contributed by atoms with Gasteiger partial charge in [-0.15, -0.1) is 11.3 Å². The first-order valence-electron chi connectivity index (χ1n) is 19.8. The number of hydrogen-bond donors (Lipinski definition) is 1. The Balaban J connectivity index is 1.64. The molecule has 2 aromatic carbocycles. The summed E-state index contributed by atoms with van der Waals surface area (Å²) in [5.74, 6) is -4.18. The third-order valence-electron chi connectivity index (χ3n) is 9.28. The van der Waals surface area contributed by atoms with E-state index in [2.05, 4.69) is 20.3 Å². The Morgan fingerprint density at radius 3 is 2.12 bits per heavy atom. The molecule has 4 heterocycles. The maximum absolute atomic E-state index is 17.6. The van der Waals surface area contributed by atoms with Crippen LogP contribution in [0, 0.1) is 23.0 Å². The molecule has 6 rings (SSSR count). The van der Waals surface area contributed by atoms with E-state index in [1.165, 1.54) is 29.5 Å². The number of ether oxygens (including phenoxy) is 4. The number of aromatic nitrogens is 3. The van der Waals surface area contributed by atoms with Crippen LogP contribution in [-0.4, -0.2) is 73.7 Å². The van der Waals surface area contributed by atoms with Gasteiger partial charge in [-0.1, -0.05) is 12.1 Å². The summed E-state index contributed by atoms with van der Waals surface area (Å²) in [6.45, 7) is 14.9.